The van der Waals surface area contributed by atoms with Gasteiger partial charge in [-0.1, -0.05) is 26.7 Å². The maximum atomic E-state index is 12.6. The quantitative estimate of drug-likeness (QED) is 0.593. The van der Waals surface area contributed by atoms with Crippen LogP contribution in [0.5, 0.6) is 0 Å². The second-order valence-corrected chi connectivity index (χ2v) is 7.04. The van der Waals surface area contributed by atoms with Crippen LogP contribution in [0.2, 0.25) is 0 Å². The molecular formula is C19H29N3O4. The third kappa shape index (κ3) is 4.72. The first-order chi connectivity index (χ1) is 12.4. The fraction of sp³-hybridized carbons (Fsp3) is 0.632. The van der Waals surface area contributed by atoms with Gasteiger partial charge in [-0.3, -0.25) is 14.9 Å². The number of nitrogens with one attached hydrogen (secondary N) is 1. The van der Waals surface area contributed by atoms with E-state index in [0.29, 0.717) is 23.8 Å². The van der Waals surface area contributed by atoms with Gasteiger partial charge in [0, 0.05) is 38.4 Å². The molecule has 1 aromatic rings. The predicted octanol–water partition coefficient (Wildman–Crippen LogP) is 3.37. The van der Waals surface area contributed by atoms with Crippen molar-refractivity contribution in [1.82, 2.24) is 5.32 Å². The lowest BCUT2D eigenvalue weighted by atomic mass is 9.89. The van der Waals surface area contributed by atoms with Gasteiger partial charge in [0.1, 0.15) is 5.69 Å². The Labute approximate surface area is 154 Å². The van der Waals surface area contributed by atoms with Gasteiger partial charge in [0.25, 0.3) is 11.6 Å². The second kappa shape index (κ2) is 8.98. The number of hydrogen-bond acceptors (Lipinski definition) is 5. The Morgan fingerprint density at radius 2 is 2.08 bits per heavy atom. The first kappa shape index (κ1) is 20.2. The van der Waals surface area contributed by atoms with Crippen LogP contribution in [0.25, 0.3) is 0 Å². The lowest BCUT2D eigenvalue weighted by Gasteiger charge is -2.34. The lowest BCUT2D eigenvalue weighted by Crippen LogP contribution is -2.44. The SMILES string of the molecule is CCC(CC)[C@@H]1C[C@@H](NC(=O)c2ccc(N(C)C)c([N+](=O)[O-])c2)CCO1. The zero-order chi connectivity index (χ0) is 19.3. The van der Waals surface area contributed by atoms with Gasteiger partial charge in [-0.05, 0) is 30.9 Å². The van der Waals surface area contributed by atoms with E-state index >= 15 is 0 Å². The third-order valence-electron chi connectivity index (χ3n) is 5.14. The fourth-order valence-corrected chi connectivity index (χ4v) is 3.56. The number of amides is 1. The molecule has 0 saturated carbocycles. The molecule has 26 heavy (non-hydrogen) atoms. The molecule has 2 rings (SSSR count). The molecule has 0 bridgehead atoms. The normalized spacial score (nSPS) is 20.0. The molecule has 0 aromatic heterocycles. The Kier molecular flexibility index (Phi) is 6.97. The topological polar surface area (TPSA) is 84.7 Å². The average Bonchev–Trinajstić information content (AvgIpc) is 2.62. The Morgan fingerprint density at radius 3 is 2.65 bits per heavy atom. The number of ether oxygens (including phenoxy) is 1. The molecule has 1 aliphatic rings. The summed E-state index contributed by atoms with van der Waals surface area (Å²) in [5.74, 6) is 0.226. The molecule has 1 saturated heterocycles. The lowest BCUT2D eigenvalue weighted by molar-refractivity contribution is -0.384. The summed E-state index contributed by atoms with van der Waals surface area (Å²) in [5.41, 5.74) is 0.726. The molecule has 1 fully saturated rings. The van der Waals surface area contributed by atoms with Gasteiger partial charge in [0.05, 0.1) is 11.0 Å². The summed E-state index contributed by atoms with van der Waals surface area (Å²) < 4.78 is 5.89. The number of benzene rings is 1. The fourth-order valence-electron chi connectivity index (χ4n) is 3.56. The van der Waals surface area contributed by atoms with E-state index in [1.165, 1.54) is 6.07 Å². The van der Waals surface area contributed by atoms with Crippen molar-refractivity contribution in [3.63, 3.8) is 0 Å². The van der Waals surface area contributed by atoms with Crippen molar-refractivity contribution in [2.24, 2.45) is 5.92 Å². The van der Waals surface area contributed by atoms with E-state index in [-0.39, 0.29) is 23.7 Å². The molecule has 7 nitrogen and oxygen atoms in total. The minimum absolute atomic E-state index is 0.0365. The van der Waals surface area contributed by atoms with Crippen LogP contribution < -0.4 is 10.2 Å². The summed E-state index contributed by atoms with van der Waals surface area (Å²) in [4.78, 5) is 25.1. The van der Waals surface area contributed by atoms with E-state index < -0.39 is 4.92 Å². The number of nitrogens with zero attached hydrogens (tertiary/aromatic N) is 2. The predicted molar refractivity (Wildman–Crippen MR) is 102 cm³/mol. The second-order valence-electron chi connectivity index (χ2n) is 7.04. The van der Waals surface area contributed by atoms with Crippen LogP contribution in [0.15, 0.2) is 18.2 Å². The van der Waals surface area contributed by atoms with Crippen LogP contribution in [0, 0.1) is 16.0 Å². The van der Waals surface area contributed by atoms with E-state index in [4.69, 9.17) is 4.74 Å². The highest BCUT2D eigenvalue weighted by molar-refractivity contribution is 5.96. The van der Waals surface area contributed by atoms with E-state index in [1.807, 2.05) is 0 Å². The molecule has 0 unspecified atom stereocenters. The molecule has 0 radical (unpaired) electrons. The first-order valence-corrected chi connectivity index (χ1v) is 9.25. The van der Waals surface area contributed by atoms with Crippen LogP contribution in [0.4, 0.5) is 11.4 Å². The molecule has 0 spiro atoms. The smallest absolute Gasteiger partial charge is 0.293 e. The van der Waals surface area contributed by atoms with Gasteiger partial charge in [-0.15, -0.1) is 0 Å². The minimum atomic E-state index is -0.455. The van der Waals surface area contributed by atoms with Crippen molar-refractivity contribution in [2.75, 3.05) is 25.6 Å². The van der Waals surface area contributed by atoms with E-state index in [9.17, 15) is 14.9 Å². The number of carbonyl (C=O) groups is 1. The van der Waals surface area contributed by atoms with Crippen LogP contribution in [-0.2, 0) is 4.74 Å². The highest BCUT2D eigenvalue weighted by atomic mass is 16.6. The van der Waals surface area contributed by atoms with Crippen molar-refractivity contribution >= 4 is 17.3 Å². The molecule has 1 heterocycles. The van der Waals surface area contributed by atoms with Crippen LogP contribution >= 0.6 is 0 Å². The maximum absolute atomic E-state index is 12.6. The Balaban J connectivity index is 2.09. The minimum Gasteiger partial charge on any atom is -0.378 e. The number of carbonyl (C=O) groups excluding carboxylic acids is 1. The van der Waals surface area contributed by atoms with Gasteiger partial charge in [0.2, 0.25) is 0 Å². The zero-order valence-corrected chi connectivity index (χ0v) is 16.0. The summed E-state index contributed by atoms with van der Waals surface area (Å²) in [7, 11) is 3.48. The van der Waals surface area contributed by atoms with Crippen LogP contribution in [0.1, 0.15) is 49.9 Å². The number of hydrogen-bond donors (Lipinski definition) is 1. The molecule has 1 aliphatic heterocycles. The summed E-state index contributed by atoms with van der Waals surface area (Å²) in [6.45, 7) is 4.95. The summed E-state index contributed by atoms with van der Waals surface area (Å²) in [6.07, 6.45) is 3.82. The zero-order valence-electron chi connectivity index (χ0n) is 16.0. The van der Waals surface area contributed by atoms with Gasteiger partial charge in [-0.2, -0.15) is 0 Å². The standard InChI is InChI=1S/C19H29N3O4/c1-5-13(6-2)18-12-15(9-10-26-18)20-19(23)14-7-8-16(21(3)4)17(11-14)22(24)25/h7-8,11,13,15,18H,5-6,9-10,12H2,1-4H3,(H,20,23)/t15-,18-/m0/s1. The molecule has 144 valence electrons. The van der Waals surface area contributed by atoms with E-state index in [2.05, 4.69) is 19.2 Å². The van der Waals surface area contributed by atoms with Crippen LogP contribution in [-0.4, -0.2) is 43.7 Å². The number of nitro groups is 1. The molecule has 0 aliphatic carbocycles. The number of nitro benzene ring substituents is 1. The highest BCUT2D eigenvalue weighted by Gasteiger charge is 2.29. The Morgan fingerprint density at radius 1 is 1.38 bits per heavy atom. The average molecular weight is 363 g/mol. The molecular weight excluding hydrogens is 334 g/mol. The monoisotopic (exact) mass is 363 g/mol. The summed E-state index contributed by atoms with van der Waals surface area (Å²) in [5, 5.41) is 14.3. The van der Waals surface area contributed by atoms with Crippen molar-refractivity contribution in [1.29, 1.82) is 0 Å². The molecule has 1 N–H and O–H groups in total. The van der Waals surface area contributed by atoms with E-state index in [0.717, 1.165) is 25.7 Å². The van der Waals surface area contributed by atoms with E-state index in [1.54, 1.807) is 31.1 Å². The Bertz CT molecular complexity index is 644. The van der Waals surface area contributed by atoms with Crippen molar-refractivity contribution in [2.45, 2.75) is 51.7 Å². The summed E-state index contributed by atoms with van der Waals surface area (Å²) in [6, 6.07) is 4.64. The van der Waals surface area contributed by atoms with Gasteiger partial charge < -0.3 is 15.0 Å². The van der Waals surface area contributed by atoms with Crippen molar-refractivity contribution in [3.05, 3.63) is 33.9 Å². The van der Waals surface area contributed by atoms with Gasteiger partial charge in [-0.25, -0.2) is 0 Å². The third-order valence-corrected chi connectivity index (χ3v) is 5.14. The largest absolute Gasteiger partial charge is 0.378 e. The van der Waals surface area contributed by atoms with Gasteiger partial charge >= 0.3 is 0 Å². The number of anilines is 1. The number of rotatable bonds is 7. The van der Waals surface area contributed by atoms with Gasteiger partial charge in [0.15, 0.2) is 0 Å². The van der Waals surface area contributed by atoms with Crippen LogP contribution in [0.3, 0.4) is 0 Å². The van der Waals surface area contributed by atoms with Crippen molar-refractivity contribution in [3.8, 4) is 0 Å². The first-order valence-electron chi connectivity index (χ1n) is 9.25. The highest BCUT2D eigenvalue weighted by Crippen LogP contribution is 2.28. The summed E-state index contributed by atoms with van der Waals surface area (Å²) >= 11 is 0. The maximum Gasteiger partial charge on any atom is 0.293 e. The van der Waals surface area contributed by atoms with Crippen molar-refractivity contribution < 1.29 is 14.5 Å². The molecule has 1 amide bonds. The molecule has 1 aromatic carbocycles. The molecule has 7 heteroatoms. The Hall–Kier alpha value is -2.15. The molecule has 2 atom stereocenters.